The monoisotopic (exact) mass is 390 g/mol. The molecule has 1 unspecified atom stereocenters. The Morgan fingerprint density at radius 2 is 1.27 bits per heavy atom. The fraction of sp³-hybridized carbons (Fsp3) is 0.714. The Hall–Kier alpha value is 0.130. The van der Waals surface area contributed by atoms with Gasteiger partial charge in [0.15, 0.2) is 0 Å². The second kappa shape index (κ2) is 15.1. The fourth-order valence-corrected chi connectivity index (χ4v) is 3.90. The molecule has 3 nitrogen and oxygen atoms in total. The number of hydrogen-bond acceptors (Lipinski definition) is 3. The van der Waals surface area contributed by atoms with Crippen molar-refractivity contribution in [2.45, 2.75) is 102 Å². The molecule has 0 spiro atoms. The van der Waals surface area contributed by atoms with Crippen LogP contribution in [0, 0.1) is 0 Å². The van der Waals surface area contributed by atoms with Crippen molar-refractivity contribution in [1.82, 2.24) is 0 Å². The van der Waals surface area contributed by atoms with E-state index in [0.29, 0.717) is 5.92 Å². The van der Waals surface area contributed by atoms with Gasteiger partial charge in [-0.15, -0.1) is 0 Å². The average molecular weight is 391 g/mol. The van der Waals surface area contributed by atoms with Gasteiger partial charge in [0.2, 0.25) is 0 Å². The molecule has 5 heteroatoms. The smallest absolute Gasteiger partial charge is 0.744 e. The first kappa shape index (κ1) is 26.1. The van der Waals surface area contributed by atoms with Crippen molar-refractivity contribution in [3.8, 4) is 0 Å². The van der Waals surface area contributed by atoms with Gasteiger partial charge >= 0.3 is 29.6 Å². The molecular formula is C21H35NaO3S. The van der Waals surface area contributed by atoms with E-state index in [0.717, 1.165) is 24.8 Å². The molecule has 0 saturated heterocycles. The summed E-state index contributed by atoms with van der Waals surface area (Å²) in [5, 5.41) is 0. The zero-order chi connectivity index (χ0) is 18.5. The summed E-state index contributed by atoms with van der Waals surface area (Å²) < 4.78 is 33.1. The summed E-state index contributed by atoms with van der Waals surface area (Å²) in [6.45, 7) is 4.43. The van der Waals surface area contributed by atoms with Gasteiger partial charge in [-0.1, -0.05) is 90.2 Å². The molecule has 1 rings (SSSR count). The van der Waals surface area contributed by atoms with E-state index in [2.05, 4.69) is 13.8 Å². The first-order valence-corrected chi connectivity index (χ1v) is 11.5. The second-order valence-corrected chi connectivity index (χ2v) is 8.51. The van der Waals surface area contributed by atoms with Crippen LogP contribution in [-0.4, -0.2) is 13.0 Å². The third-order valence-corrected chi connectivity index (χ3v) is 5.78. The van der Waals surface area contributed by atoms with E-state index in [1.54, 1.807) is 0 Å². The van der Waals surface area contributed by atoms with Crippen LogP contribution in [0.2, 0.25) is 0 Å². The molecule has 1 aromatic carbocycles. The van der Waals surface area contributed by atoms with Crippen molar-refractivity contribution in [2.75, 3.05) is 0 Å². The van der Waals surface area contributed by atoms with Crippen molar-refractivity contribution in [3.05, 3.63) is 29.8 Å². The third kappa shape index (κ3) is 11.1. The second-order valence-electron chi connectivity index (χ2n) is 7.13. The van der Waals surface area contributed by atoms with Gasteiger partial charge in [-0.2, -0.15) is 0 Å². The first-order valence-electron chi connectivity index (χ1n) is 10.0. The van der Waals surface area contributed by atoms with Gasteiger partial charge in [-0.25, -0.2) is 8.42 Å². The van der Waals surface area contributed by atoms with Crippen molar-refractivity contribution >= 4 is 10.1 Å². The van der Waals surface area contributed by atoms with Crippen LogP contribution >= 0.6 is 0 Å². The molecule has 1 aromatic rings. The van der Waals surface area contributed by atoms with E-state index in [9.17, 15) is 13.0 Å². The Morgan fingerprint density at radius 1 is 0.769 bits per heavy atom. The number of benzene rings is 1. The van der Waals surface area contributed by atoms with E-state index < -0.39 is 10.1 Å². The van der Waals surface area contributed by atoms with E-state index in [1.807, 2.05) is 12.1 Å². The molecule has 144 valence electrons. The summed E-state index contributed by atoms with van der Waals surface area (Å²) >= 11 is 0. The molecular weight excluding hydrogens is 355 g/mol. The van der Waals surface area contributed by atoms with Crippen LogP contribution in [-0.2, 0) is 10.1 Å². The van der Waals surface area contributed by atoms with Gasteiger partial charge in [0, 0.05) is 0 Å². The maximum absolute atomic E-state index is 11.0. The Morgan fingerprint density at radius 3 is 1.73 bits per heavy atom. The molecule has 0 heterocycles. The third-order valence-electron chi connectivity index (χ3n) is 4.93. The predicted octanol–water partition coefficient (Wildman–Crippen LogP) is 3.40. The van der Waals surface area contributed by atoms with Crippen LogP contribution in [0.1, 0.15) is 102 Å². The Kier molecular flexibility index (Phi) is 15.2. The maximum atomic E-state index is 11.0. The quantitative estimate of drug-likeness (QED) is 0.278. The van der Waals surface area contributed by atoms with Gasteiger partial charge in [-0.3, -0.25) is 0 Å². The SMILES string of the molecule is CCCCCCCCCCCC(CCC)c1ccc(S(=O)(=O)[O-])cc1.[Na+]. The summed E-state index contributed by atoms with van der Waals surface area (Å²) in [6, 6.07) is 6.55. The minimum atomic E-state index is -4.34. The van der Waals surface area contributed by atoms with Crippen LogP contribution in [0.25, 0.3) is 0 Å². The van der Waals surface area contributed by atoms with Crippen LogP contribution in [0.4, 0.5) is 0 Å². The number of rotatable bonds is 14. The number of unbranched alkanes of at least 4 members (excludes halogenated alkanes) is 8. The van der Waals surface area contributed by atoms with E-state index in [1.165, 1.54) is 69.9 Å². The van der Waals surface area contributed by atoms with Crippen LogP contribution < -0.4 is 29.6 Å². The van der Waals surface area contributed by atoms with E-state index in [-0.39, 0.29) is 34.5 Å². The zero-order valence-corrected chi connectivity index (χ0v) is 19.8. The van der Waals surface area contributed by atoms with Crippen molar-refractivity contribution < 1.29 is 42.5 Å². The molecule has 0 aliphatic carbocycles. The molecule has 0 aliphatic heterocycles. The molecule has 0 amide bonds. The van der Waals surface area contributed by atoms with Crippen LogP contribution in [0.5, 0.6) is 0 Å². The van der Waals surface area contributed by atoms with Crippen molar-refractivity contribution in [2.24, 2.45) is 0 Å². The van der Waals surface area contributed by atoms with Gasteiger partial charge in [0.1, 0.15) is 10.1 Å². The van der Waals surface area contributed by atoms with Crippen molar-refractivity contribution in [3.63, 3.8) is 0 Å². The minimum absolute atomic E-state index is 0. The Labute approximate surface area is 183 Å². The van der Waals surface area contributed by atoms with Gasteiger partial charge in [0.25, 0.3) is 0 Å². The normalized spacial score (nSPS) is 12.6. The molecule has 0 bridgehead atoms. The maximum Gasteiger partial charge on any atom is 1.00 e. The fourth-order valence-electron chi connectivity index (χ4n) is 3.43. The molecule has 0 fully saturated rings. The standard InChI is InChI=1S/C21H36O3S.Na/c1-3-5-6-7-8-9-10-11-12-14-19(13-4-2)20-15-17-21(18-16-20)25(22,23)24;/h15-19H,3-14H2,1-2H3,(H,22,23,24);/q;+1/p-1. The van der Waals surface area contributed by atoms with E-state index >= 15 is 0 Å². The molecule has 1 atom stereocenters. The first-order chi connectivity index (χ1) is 12.0. The zero-order valence-electron chi connectivity index (χ0n) is 17.0. The van der Waals surface area contributed by atoms with Crippen LogP contribution in [0.15, 0.2) is 29.2 Å². The Balaban J connectivity index is 0.00000625. The summed E-state index contributed by atoms with van der Waals surface area (Å²) in [7, 11) is -4.34. The van der Waals surface area contributed by atoms with E-state index in [4.69, 9.17) is 0 Å². The predicted molar refractivity (Wildman–Crippen MR) is 104 cm³/mol. The molecule has 26 heavy (non-hydrogen) atoms. The molecule has 0 aromatic heterocycles. The molecule has 0 radical (unpaired) electrons. The van der Waals surface area contributed by atoms with Gasteiger partial charge in [0.05, 0.1) is 4.90 Å². The van der Waals surface area contributed by atoms with Crippen molar-refractivity contribution in [1.29, 1.82) is 0 Å². The molecule has 0 saturated carbocycles. The van der Waals surface area contributed by atoms with Gasteiger partial charge < -0.3 is 4.55 Å². The summed E-state index contributed by atoms with van der Waals surface area (Å²) in [6.07, 6.45) is 15.3. The Bertz CT molecular complexity index is 555. The van der Waals surface area contributed by atoms with Gasteiger partial charge in [-0.05, 0) is 36.5 Å². The summed E-state index contributed by atoms with van der Waals surface area (Å²) in [4.78, 5) is -0.130. The summed E-state index contributed by atoms with van der Waals surface area (Å²) in [5.74, 6) is 0.470. The average Bonchev–Trinajstić information content (AvgIpc) is 2.59. The largest absolute Gasteiger partial charge is 1.00 e. The molecule has 0 N–H and O–H groups in total. The minimum Gasteiger partial charge on any atom is -0.744 e. The number of hydrogen-bond donors (Lipinski definition) is 0. The molecule has 0 aliphatic rings. The van der Waals surface area contributed by atoms with Crippen LogP contribution in [0.3, 0.4) is 0 Å². The topological polar surface area (TPSA) is 57.2 Å². The summed E-state index contributed by atoms with van der Waals surface area (Å²) in [5.41, 5.74) is 1.16.